The zero-order valence-corrected chi connectivity index (χ0v) is 25.4. The number of nitrogens with zero attached hydrogens (tertiary/aromatic N) is 5. The minimum absolute atomic E-state index is 0.280. The fraction of sp³-hybridized carbons (Fsp3) is 0.250. The van der Waals surface area contributed by atoms with E-state index in [-0.39, 0.29) is 5.91 Å². The number of aryl methyl sites for hydroxylation is 1. The van der Waals surface area contributed by atoms with Gasteiger partial charge in [-0.05, 0) is 98.6 Å². The van der Waals surface area contributed by atoms with Crippen LogP contribution in [0, 0.1) is 0 Å². The summed E-state index contributed by atoms with van der Waals surface area (Å²) < 4.78 is 13.9. The Kier molecular flexibility index (Phi) is 9.29. The SMILES string of the molecule is C=CC(=O)Nc1cc(Nc2ncc(Br)c(Nc3ccc4nccnc4c3P(C)(C)=O)n2)ccc1CCCN(C)C. The summed E-state index contributed by atoms with van der Waals surface area (Å²) in [6.45, 7) is 7.91. The fourth-order valence-electron chi connectivity index (χ4n) is 4.20. The van der Waals surface area contributed by atoms with Crippen molar-refractivity contribution < 1.29 is 9.36 Å². The highest BCUT2D eigenvalue weighted by molar-refractivity contribution is 9.10. The molecular weight excluding hydrogens is 591 g/mol. The van der Waals surface area contributed by atoms with E-state index in [1.165, 1.54) is 6.08 Å². The van der Waals surface area contributed by atoms with Gasteiger partial charge < -0.3 is 25.4 Å². The van der Waals surface area contributed by atoms with E-state index in [0.717, 1.165) is 24.9 Å². The average Bonchev–Trinajstić information content (AvgIpc) is 2.90. The van der Waals surface area contributed by atoms with Crippen molar-refractivity contribution in [2.75, 3.05) is 49.9 Å². The van der Waals surface area contributed by atoms with Gasteiger partial charge in [-0.25, -0.2) is 4.98 Å². The van der Waals surface area contributed by atoms with Gasteiger partial charge in [0.25, 0.3) is 0 Å². The summed E-state index contributed by atoms with van der Waals surface area (Å²) in [7, 11) is 1.33. The number of aromatic nitrogens is 4. The zero-order valence-electron chi connectivity index (χ0n) is 22.9. The number of rotatable bonds is 11. The third-order valence-corrected chi connectivity index (χ3v) is 8.12. The summed E-state index contributed by atoms with van der Waals surface area (Å²) in [5.41, 5.74) is 4.31. The third kappa shape index (κ3) is 7.29. The lowest BCUT2D eigenvalue weighted by Gasteiger charge is -2.18. The predicted octanol–water partition coefficient (Wildman–Crippen LogP) is 5.54. The molecule has 1 amide bonds. The van der Waals surface area contributed by atoms with Gasteiger partial charge in [0.2, 0.25) is 11.9 Å². The smallest absolute Gasteiger partial charge is 0.247 e. The molecule has 3 N–H and O–H groups in total. The lowest BCUT2D eigenvalue weighted by Crippen LogP contribution is -2.15. The Morgan fingerprint density at radius 1 is 1.07 bits per heavy atom. The molecule has 0 saturated carbocycles. The lowest BCUT2D eigenvalue weighted by molar-refractivity contribution is -0.111. The summed E-state index contributed by atoms with van der Waals surface area (Å²) in [6.07, 6.45) is 7.84. The van der Waals surface area contributed by atoms with E-state index in [1.54, 1.807) is 31.9 Å². The first kappa shape index (κ1) is 29.3. The predicted molar refractivity (Wildman–Crippen MR) is 167 cm³/mol. The molecule has 2 aromatic carbocycles. The maximum atomic E-state index is 13.3. The molecule has 10 nitrogen and oxygen atoms in total. The zero-order chi connectivity index (χ0) is 28.9. The van der Waals surface area contributed by atoms with Crippen molar-refractivity contribution in [3.05, 3.63) is 71.6 Å². The number of benzene rings is 2. The van der Waals surface area contributed by atoms with Gasteiger partial charge in [0.15, 0.2) is 0 Å². The first-order valence-corrected chi connectivity index (χ1v) is 16.0. The van der Waals surface area contributed by atoms with E-state index in [0.29, 0.717) is 49.6 Å². The van der Waals surface area contributed by atoms with Gasteiger partial charge in [0.05, 0.1) is 21.0 Å². The van der Waals surface area contributed by atoms with E-state index >= 15 is 0 Å². The number of carbonyl (C=O) groups excluding carboxylic acids is 1. The van der Waals surface area contributed by atoms with Crippen molar-refractivity contribution in [3.63, 3.8) is 0 Å². The van der Waals surface area contributed by atoms with Gasteiger partial charge in [0.1, 0.15) is 18.5 Å². The van der Waals surface area contributed by atoms with Crippen LogP contribution in [0.1, 0.15) is 12.0 Å². The molecular formula is C28H32BrN8O2P. The lowest BCUT2D eigenvalue weighted by atomic mass is 10.1. The molecule has 40 heavy (non-hydrogen) atoms. The van der Waals surface area contributed by atoms with Gasteiger partial charge in [-0.3, -0.25) is 14.8 Å². The van der Waals surface area contributed by atoms with Gasteiger partial charge in [-0.15, -0.1) is 0 Å². The van der Waals surface area contributed by atoms with Crippen molar-refractivity contribution in [2.45, 2.75) is 12.8 Å². The molecule has 0 spiro atoms. The van der Waals surface area contributed by atoms with Crippen molar-refractivity contribution in [1.82, 2.24) is 24.8 Å². The first-order chi connectivity index (χ1) is 19.0. The number of amides is 1. The van der Waals surface area contributed by atoms with Crippen LogP contribution in [0.2, 0.25) is 0 Å². The van der Waals surface area contributed by atoms with Gasteiger partial charge in [0, 0.05) is 30.0 Å². The van der Waals surface area contributed by atoms with Gasteiger partial charge >= 0.3 is 0 Å². The van der Waals surface area contributed by atoms with Crippen molar-refractivity contribution in [1.29, 1.82) is 0 Å². The van der Waals surface area contributed by atoms with Crippen molar-refractivity contribution in [2.24, 2.45) is 0 Å². The maximum Gasteiger partial charge on any atom is 0.247 e. The summed E-state index contributed by atoms with van der Waals surface area (Å²) in [6, 6.07) is 9.43. The van der Waals surface area contributed by atoms with Crippen molar-refractivity contribution >= 4 is 74.1 Å². The Morgan fingerprint density at radius 3 is 2.58 bits per heavy atom. The molecule has 208 valence electrons. The Balaban J connectivity index is 1.63. The summed E-state index contributed by atoms with van der Waals surface area (Å²) >= 11 is 3.52. The van der Waals surface area contributed by atoms with Gasteiger partial charge in [-0.2, -0.15) is 4.98 Å². The number of anilines is 5. The fourth-order valence-corrected chi connectivity index (χ4v) is 5.88. The highest BCUT2D eigenvalue weighted by Crippen LogP contribution is 2.41. The van der Waals surface area contributed by atoms with Gasteiger partial charge in [-0.1, -0.05) is 12.6 Å². The molecule has 4 aromatic rings. The molecule has 0 fully saturated rings. The van der Waals surface area contributed by atoms with Crippen LogP contribution >= 0.6 is 23.1 Å². The Hall–Kier alpha value is -3.66. The number of nitrogens with one attached hydrogen (secondary N) is 3. The second-order valence-corrected chi connectivity index (χ2v) is 13.9. The Labute approximate surface area is 242 Å². The van der Waals surface area contributed by atoms with E-state index in [2.05, 4.69) is 63.3 Å². The molecule has 4 rings (SSSR count). The Bertz CT molecular complexity index is 1610. The standard InChI is InChI=1S/C28H32BrN8O2P/c1-6-24(38)34-23-16-19(10-9-18(23)8-7-15-37(2)3)33-28-32-17-20(29)27(36-28)35-22-12-11-21-25(31-14-13-30-21)26(22)40(4,5)39/h6,9-14,16-17H,1,7-8,15H2,2-5H3,(H,34,38)(H2,32,33,35,36). The summed E-state index contributed by atoms with van der Waals surface area (Å²) in [5, 5.41) is 10.0. The van der Waals surface area contributed by atoms with Crippen LogP contribution in [-0.2, 0) is 15.8 Å². The normalized spacial score (nSPS) is 11.4. The average molecular weight is 623 g/mol. The van der Waals surface area contributed by atoms with Crippen LogP contribution in [0.15, 0.2) is 66.1 Å². The highest BCUT2D eigenvalue weighted by Gasteiger charge is 2.22. The molecule has 0 bridgehead atoms. The third-order valence-electron chi connectivity index (χ3n) is 6.01. The van der Waals surface area contributed by atoms with Crippen LogP contribution in [0.3, 0.4) is 0 Å². The number of halogens is 1. The van der Waals surface area contributed by atoms with E-state index in [4.69, 9.17) is 0 Å². The Morgan fingerprint density at radius 2 is 1.85 bits per heavy atom. The molecule has 0 aliphatic carbocycles. The molecule has 2 aromatic heterocycles. The largest absolute Gasteiger partial charge is 0.338 e. The highest BCUT2D eigenvalue weighted by atomic mass is 79.9. The minimum atomic E-state index is -2.74. The monoisotopic (exact) mass is 622 g/mol. The molecule has 2 heterocycles. The maximum absolute atomic E-state index is 13.3. The van der Waals surface area contributed by atoms with Crippen LogP contribution in [-0.4, -0.2) is 64.7 Å². The number of hydrogen-bond donors (Lipinski definition) is 3. The van der Waals surface area contributed by atoms with Crippen LogP contribution in [0.4, 0.5) is 28.8 Å². The molecule has 0 aliphatic rings. The van der Waals surface area contributed by atoms with Crippen molar-refractivity contribution in [3.8, 4) is 0 Å². The molecule has 0 aliphatic heterocycles. The van der Waals surface area contributed by atoms with E-state index < -0.39 is 7.14 Å². The molecule has 0 radical (unpaired) electrons. The molecule has 0 unspecified atom stereocenters. The quantitative estimate of drug-likeness (QED) is 0.146. The second kappa shape index (κ2) is 12.7. The molecule has 0 atom stereocenters. The molecule has 12 heteroatoms. The number of hydrogen-bond acceptors (Lipinski definition) is 9. The van der Waals surface area contributed by atoms with Crippen LogP contribution in [0.25, 0.3) is 11.0 Å². The topological polar surface area (TPSA) is 125 Å². The summed E-state index contributed by atoms with van der Waals surface area (Å²) in [4.78, 5) is 32.1. The minimum Gasteiger partial charge on any atom is -0.338 e. The van der Waals surface area contributed by atoms with E-state index in [9.17, 15) is 9.36 Å². The van der Waals surface area contributed by atoms with Crippen LogP contribution in [0.5, 0.6) is 0 Å². The van der Waals surface area contributed by atoms with Crippen LogP contribution < -0.4 is 21.3 Å². The summed E-state index contributed by atoms with van der Waals surface area (Å²) in [5.74, 6) is 0.540. The first-order valence-electron chi connectivity index (χ1n) is 12.6. The number of carbonyl (C=O) groups is 1. The molecule has 0 saturated heterocycles. The number of fused-ring (bicyclic) bond motifs is 1. The van der Waals surface area contributed by atoms with E-state index in [1.807, 2.05) is 44.4 Å². The second-order valence-electron chi connectivity index (χ2n) is 9.85.